The Labute approximate surface area is 158 Å². The van der Waals surface area contributed by atoms with Crippen LogP contribution in [0.15, 0.2) is 0 Å². The van der Waals surface area contributed by atoms with Crippen molar-refractivity contribution in [3.63, 3.8) is 0 Å². The van der Waals surface area contributed by atoms with E-state index in [0.717, 1.165) is 0 Å². The molecule has 0 amide bonds. The smallest absolute Gasteiger partial charge is 0.381 e. The van der Waals surface area contributed by atoms with E-state index in [1.807, 2.05) is 0 Å². The average Bonchev–Trinajstić information content (AvgIpc) is 2.59. The molecule has 0 radical (unpaired) electrons. The Kier molecular flexibility index (Phi) is 9.76. The Bertz CT molecular complexity index is 499. The minimum absolute atomic E-state index is 0.269. The van der Waals surface area contributed by atoms with Crippen molar-refractivity contribution in [3.8, 4) is 0 Å². The largest absolute Gasteiger partial charge is 0.397 e. The molecular weight excluding hydrogens is 463 g/mol. The topological polar surface area (TPSA) is 18.5 Å². The van der Waals surface area contributed by atoms with E-state index < -0.39 is 64.0 Å². The van der Waals surface area contributed by atoms with E-state index in [-0.39, 0.29) is 13.2 Å². The van der Waals surface area contributed by atoms with Gasteiger partial charge in [0.1, 0.15) is 0 Å². The van der Waals surface area contributed by atoms with Gasteiger partial charge in [0.2, 0.25) is 6.17 Å². The van der Waals surface area contributed by atoms with Gasteiger partial charge in [-0.2, -0.15) is 35.1 Å². The van der Waals surface area contributed by atoms with Gasteiger partial charge in [0.25, 0.3) is 6.43 Å². The van der Waals surface area contributed by atoms with E-state index in [0.29, 0.717) is 0 Å². The number of hydrogen-bond acceptors (Lipinski definition) is 2. The van der Waals surface area contributed by atoms with Gasteiger partial charge in [0, 0.05) is 19.3 Å². The summed E-state index contributed by atoms with van der Waals surface area (Å²) in [4.78, 5) is 0. The summed E-state index contributed by atoms with van der Waals surface area (Å²) >= 11 is 0. The molecule has 0 aromatic carbocycles. The zero-order valence-electron chi connectivity index (χ0n) is 14.7. The summed E-state index contributed by atoms with van der Waals surface area (Å²) in [6, 6.07) is -1.69. The maximum Gasteiger partial charge on any atom is 0.381 e. The number of alkyl halides is 13. The molecular formula is C13H17F13O2Si. The molecule has 0 aliphatic carbocycles. The van der Waals surface area contributed by atoms with Crippen molar-refractivity contribution < 1.29 is 65.9 Å². The standard InChI is InChI=1S/C13H17F13O2Si/c1-3-27-29(28-4-2)5-6(14)10(19,20)12(23,24)13(25,26)11(21,22)8(16)7(15)9(17)18/h6-9,29H,3-5H2,1-2H3. The van der Waals surface area contributed by atoms with Gasteiger partial charge in [0.05, 0.1) is 0 Å². The van der Waals surface area contributed by atoms with Gasteiger partial charge < -0.3 is 8.85 Å². The van der Waals surface area contributed by atoms with Crippen molar-refractivity contribution in [2.45, 2.75) is 68.5 Å². The summed E-state index contributed by atoms with van der Waals surface area (Å²) in [5.41, 5.74) is 0. The molecule has 0 rings (SSSR count). The third kappa shape index (κ3) is 5.48. The molecule has 2 nitrogen and oxygen atoms in total. The maximum atomic E-state index is 13.8. The van der Waals surface area contributed by atoms with Crippen LogP contribution >= 0.6 is 0 Å². The first-order valence-electron chi connectivity index (χ1n) is 7.88. The van der Waals surface area contributed by atoms with E-state index in [4.69, 9.17) is 0 Å². The Morgan fingerprint density at radius 3 is 1.41 bits per heavy atom. The molecule has 3 unspecified atom stereocenters. The summed E-state index contributed by atoms with van der Waals surface area (Å²) in [5.74, 6) is -28.3. The second-order valence-corrected chi connectivity index (χ2v) is 7.62. The molecule has 0 saturated heterocycles. The zero-order chi connectivity index (χ0) is 23.4. The van der Waals surface area contributed by atoms with Crippen LogP contribution in [0.2, 0.25) is 6.04 Å². The molecule has 0 aliphatic rings. The van der Waals surface area contributed by atoms with Crippen molar-refractivity contribution in [3.05, 3.63) is 0 Å². The summed E-state index contributed by atoms with van der Waals surface area (Å²) in [5, 5.41) is 0. The second-order valence-electron chi connectivity index (χ2n) is 5.62. The predicted molar refractivity (Wildman–Crippen MR) is 75.7 cm³/mol. The lowest BCUT2D eigenvalue weighted by atomic mass is 9.92. The lowest BCUT2D eigenvalue weighted by molar-refractivity contribution is -0.386. The van der Waals surface area contributed by atoms with Crippen LogP contribution in [0.1, 0.15) is 13.8 Å². The molecule has 16 heteroatoms. The minimum Gasteiger partial charge on any atom is -0.397 e. The average molecular weight is 480 g/mol. The van der Waals surface area contributed by atoms with Crippen LogP contribution < -0.4 is 0 Å². The number of rotatable bonds is 13. The highest BCUT2D eigenvalue weighted by molar-refractivity contribution is 6.44. The summed E-state index contributed by atoms with van der Waals surface area (Å²) in [6.45, 7) is 2.00. The summed E-state index contributed by atoms with van der Waals surface area (Å²) in [7, 11) is -3.46. The third-order valence-corrected chi connectivity index (χ3v) is 5.81. The first kappa shape index (κ1) is 28.2. The molecule has 0 saturated carbocycles. The lowest BCUT2D eigenvalue weighted by Crippen LogP contribution is -2.68. The first-order valence-corrected chi connectivity index (χ1v) is 9.64. The van der Waals surface area contributed by atoms with Crippen LogP contribution in [0, 0.1) is 0 Å². The Balaban J connectivity index is 5.89. The highest BCUT2D eigenvalue weighted by atomic mass is 28.3. The predicted octanol–water partition coefficient (Wildman–Crippen LogP) is 5.10. The molecule has 0 bridgehead atoms. The van der Waals surface area contributed by atoms with E-state index in [1.54, 1.807) is 0 Å². The van der Waals surface area contributed by atoms with E-state index in [1.165, 1.54) is 13.8 Å². The normalized spacial score (nSPS) is 17.7. The lowest BCUT2D eigenvalue weighted by Gasteiger charge is -2.39. The van der Waals surface area contributed by atoms with Gasteiger partial charge in [-0.1, -0.05) is 0 Å². The minimum atomic E-state index is -7.44. The van der Waals surface area contributed by atoms with E-state index in [2.05, 4.69) is 8.85 Å². The fourth-order valence-electron chi connectivity index (χ4n) is 1.99. The quantitative estimate of drug-likeness (QED) is 0.270. The second kappa shape index (κ2) is 10.0. The molecule has 0 fully saturated rings. The summed E-state index contributed by atoms with van der Waals surface area (Å²) < 4.78 is 181. The van der Waals surface area contributed by atoms with Crippen molar-refractivity contribution in [2.75, 3.05) is 13.2 Å². The van der Waals surface area contributed by atoms with Crippen molar-refractivity contribution in [2.24, 2.45) is 0 Å². The van der Waals surface area contributed by atoms with Crippen LogP contribution in [0.5, 0.6) is 0 Å². The number of hydrogen-bond donors (Lipinski definition) is 0. The molecule has 0 N–H and O–H groups in total. The monoisotopic (exact) mass is 480 g/mol. The molecule has 0 aromatic rings. The van der Waals surface area contributed by atoms with Crippen molar-refractivity contribution >= 4 is 9.28 Å². The SMILES string of the molecule is CCO[SiH](CC(F)C(F)(F)C(F)(F)C(F)(F)C(F)(F)C(F)C(F)C(F)F)OCC. The third-order valence-electron chi connectivity index (χ3n) is 3.60. The molecule has 176 valence electrons. The zero-order valence-corrected chi connectivity index (χ0v) is 15.9. The first-order chi connectivity index (χ1) is 12.9. The van der Waals surface area contributed by atoms with Crippen LogP contribution in [0.25, 0.3) is 0 Å². The molecule has 0 aliphatic heterocycles. The van der Waals surface area contributed by atoms with Crippen LogP contribution in [-0.2, 0) is 8.85 Å². The Hall–Kier alpha value is -0.773. The molecule has 29 heavy (non-hydrogen) atoms. The van der Waals surface area contributed by atoms with Gasteiger partial charge in [-0.05, 0) is 13.8 Å². The molecule has 0 spiro atoms. The van der Waals surface area contributed by atoms with Gasteiger partial charge in [-0.3, -0.25) is 0 Å². The van der Waals surface area contributed by atoms with Crippen LogP contribution in [-0.4, -0.2) is 71.1 Å². The Morgan fingerprint density at radius 1 is 0.690 bits per heavy atom. The fourth-order valence-corrected chi connectivity index (χ4v) is 3.74. The highest BCUT2D eigenvalue weighted by Gasteiger charge is 2.84. The fraction of sp³-hybridized carbons (Fsp3) is 1.00. The van der Waals surface area contributed by atoms with E-state index in [9.17, 15) is 57.1 Å². The van der Waals surface area contributed by atoms with Gasteiger partial charge >= 0.3 is 33.0 Å². The van der Waals surface area contributed by atoms with E-state index >= 15 is 0 Å². The molecule has 0 heterocycles. The Morgan fingerprint density at radius 2 is 1.07 bits per heavy atom. The van der Waals surface area contributed by atoms with Gasteiger partial charge in [-0.15, -0.1) is 0 Å². The molecule has 0 aromatic heterocycles. The number of halogens is 13. The van der Waals surface area contributed by atoms with Crippen molar-refractivity contribution in [1.29, 1.82) is 0 Å². The van der Waals surface area contributed by atoms with Crippen LogP contribution in [0.4, 0.5) is 57.1 Å². The van der Waals surface area contributed by atoms with Crippen molar-refractivity contribution in [1.82, 2.24) is 0 Å². The summed E-state index contributed by atoms with van der Waals surface area (Å²) in [6.07, 6.45) is -18.9. The van der Waals surface area contributed by atoms with Gasteiger partial charge in [0.15, 0.2) is 12.3 Å². The van der Waals surface area contributed by atoms with Crippen LogP contribution in [0.3, 0.4) is 0 Å². The maximum absolute atomic E-state index is 13.8. The van der Waals surface area contributed by atoms with Gasteiger partial charge in [-0.25, -0.2) is 22.0 Å². The molecule has 3 atom stereocenters. The highest BCUT2D eigenvalue weighted by Crippen LogP contribution is 2.56.